The molecule has 39 heavy (non-hydrogen) atoms. The number of benzene rings is 2. The summed E-state index contributed by atoms with van der Waals surface area (Å²) < 4.78 is 16.8. The van der Waals surface area contributed by atoms with Gasteiger partial charge in [-0.2, -0.15) is 0 Å². The Morgan fingerprint density at radius 3 is 2.33 bits per heavy atom. The number of methoxy groups -OCH3 is 2. The molecule has 3 N–H and O–H groups in total. The van der Waals surface area contributed by atoms with Gasteiger partial charge < -0.3 is 29.4 Å². The molecule has 2 heterocycles. The molecule has 10 nitrogen and oxygen atoms in total. The van der Waals surface area contributed by atoms with Crippen molar-refractivity contribution >= 4 is 17.5 Å². The van der Waals surface area contributed by atoms with E-state index in [9.17, 15) is 15.0 Å². The number of halogens is 1. The van der Waals surface area contributed by atoms with E-state index in [2.05, 4.69) is 20.5 Å². The molecule has 4 rings (SSSR count). The molecular formula is C28H29ClN4O6. The summed E-state index contributed by atoms with van der Waals surface area (Å²) in [7, 11) is 3.02. The average molecular weight is 553 g/mol. The molecule has 0 saturated carbocycles. The van der Waals surface area contributed by atoms with Gasteiger partial charge in [0.15, 0.2) is 0 Å². The molecule has 4 aromatic rings. The summed E-state index contributed by atoms with van der Waals surface area (Å²) in [6.07, 6.45) is 1.93. The molecule has 2 aromatic heterocycles. The standard InChI is InChI=1S/C28H29ClN4O6/c1-4-5-7-18-23(24-19(37-2)8-6-9-20(24)38-3)26(35)25(27(36)31-18)28-33-32-22(39-28)14-21(34)30-15-16-10-12-17(29)13-11-16/h6,8-13H,4-5,7,14-15H2,1-3H3,(H,30,34)(H2,31,35,36). The second-order valence-corrected chi connectivity index (χ2v) is 9.14. The van der Waals surface area contributed by atoms with E-state index in [1.165, 1.54) is 14.2 Å². The van der Waals surface area contributed by atoms with Gasteiger partial charge in [-0.05, 0) is 42.7 Å². The lowest BCUT2D eigenvalue weighted by atomic mass is 9.95. The van der Waals surface area contributed by atoms with Crippen LogP contribution in [0.3, 0.4) is 0 Å². The summed E-state index contributed by atoms with van der Waals surface area (Å²) in [6, 6.07) is 12.3. The topological polar surface area (TPSA) is 140 Å². The van der Waals surface area contributed by atoms with E-state index >= 15 is 0 Å². The van der Waals surface area contributed by atoms with Crippen LogP contribution in [0.4, 0.5) is 0 Å². The number of aromatic hydroxyl groups is 2. The number of unbranched alkanes of at least 4 members (excludes halogenated alkanes) is 1. The SMILES string of the molecule is CCCCc1nc(O)c(-c2nnc(CC(=O)NCc3ccc(Cl)cc3)o2)c(O)c1-c1c(OC)cccc1OC. The van der Waals surface area contributed by atoms with Crippen LogP contribution in [-0.2, 0) is 24.2 Å². The number of nitrogens with zero attached hydrogens (tertiary/aromatic N) is 3. The summed E-state index contributed by atoms with van der Waals surface area (Å²) >= 11 is 5.89. The third-order valence-corrected chi connectivity index (χ3v) is 6.32. The predicted octanol–water partition coefficient (Wildman–Crippen LogP) is 5.08. The van der Waals surface area contributed by atoms with Crippen LogP contribution in [0.1, 0.15) is 36.9 Å². The quantitative estimate of drug-likeness (QED) is 0.232. The van der Waals surface area contributed by atoms with Gasteiger partial charge >= 0.3 is 0 Å². The molecule has 204 valence electrons. The fourth-order valence-electron chi connectivity index (χ4n) is 4.12. The van der Waals surface area contributed by atoms with Crippen LogP contribution < -0.4 is 14.8 Å². The summed E-state index contributed by atoms with van der Waals surface area (Å²) in [4.78, 5) is 16.8. The first kappa shape index (κ1) is 27.7. The van der Waals surface area contributed by atoms with Crippen LogP contribution in [-0.4, -0.2) is 45.5 Å². The van der Waals surface area contributed by atoms with E-state index in [0.29, 0.717) is 46.3 Å². The zero-order valence-corrected chi connectivity index (χ0v) is 22.6. The molecule has 0 atom stereocenters. The lowest BCUT2D eigenvalue weighted by molar-refractivity contribution is -0.120. The van der Waals surface area contributed by atoms with E-state index < -0.39 is 5.88 Å². The molecule has 0 aliphatic carbocycles. The summed E-state index contributed by atoms with van der Waals surface area (Å²) in [5, 5.41) is 33.6. The Labute approximate surface area is 230 Å². The summed E-state index contributed by atoms with van der Waals surface area (Å²) in [5.41, 5.74) is 1.98. The number of aromatic nitrogens is 3. The maximum atomic E-state index is 12.5. The Morgan fingerprint density at radius 2 is 1.69 bits per heavy atom. The van der Waals surface area contributed by atoms with Crippen molar-refractivity contribution in [1.29, 1.82) is 0 Å². The van der Waals surface area contributed by atoms with Crippen LogP contribution in [0.5, 0.6) is 23.1 Å². The second kappa shape index (κ2) is 12.5. The smallest absolute Gasteiger partial charge is 0.257 e. The molecule has 0 aliphatic heterocycles. The Balaban J connectivity index is 1.67. The van der Waals surface area contributed by atoms with E-state index in [4.69, 9.17) is 25.5 Å². The molecule has 1 amide bonds. The van der Waals surface area contributed by atoms with Crippen molar-refractivity contribution < 1.29 is 28.9 Å². The molecule has 11 heteroatoms. The highest BCUT2D eigenvalue weighted by Gasteiger charge is 2.29. The highest BCUT2D eigenvalue weighted by atomic mass is 35.5. The van der Waals surface area contributed by atoms with Gasteiger partial charge in [0.2, 0.25) is 17.7 Å². The zero-order valence-electron chi connectivity index (χ0n) is 21.8. The first-order chi connectivity index (χ1) is 18.9. The predicted molar refractivity (Wildman–Crippen MR) is 145 cm³/mol. The van der Waals surface area contributed by atoms with Crippen molar-refractivity contribution in [2.45, 2.75) is 39.2 Å². The Hall–Kier alpha value is -4.31. The second-order valence-electron chi connectivity index (χ2n) is 8.70. The molecule has 0 aliphatic rings. The number of amides is 1. The third kappa shape index (κ3) is 6.23. The number of hydrogen-bond acceptors (Lipinski definition) is 9. The third-order valence-electron chi connectivity index (χ3n) is 6.07. The first-order valence-corrected chi connectivity index (χ1v) is 12.7. The number of pyridine rings is 1. The van der Waals surface area contributed by atoms with Crippen molar-refractivity contribution in [2.24, 2.45) is 0 Å². The van der Waals surface area contributed by atoms with Gasteiger partial charge in [-0.15, -0.1) is 10.2 Å². The Kier molecular flexibility index (Phi) is 8.88. The summed E-state index contributed by atoms with van der Waals surface area (Å²) in [6.45, 7) is 2.33. The van der Waals surface area contributed by atoms with Crippen LogP contribution >= 0.6 is 11.6 Å². The fraction of sp³-hybridized carbons (Fsp3) is 0.286. The first-order valence-electron chi connectivity index (χ1n) is 12.4. The maximum absolute atomic E-state index is 12.5. The van der Waals surface area contributed by atoms with Crippen LogP contribution in [0.2, 0.25) is 5.02 Å². The van der Waals surface area contributed by atoms with E-state index in [1.54, 1.807) is 30.3 Å². The summed E-state index contributed by atoms with van der Waals surface area (Å²) in [5.74, 6) is -0.425. The van der Waals surface area contributed by atoms with Gasteiger partial charge in [-0.25, -0.2) is 4.98 Å². The van der Waals surface area contributed by atoms with Crippen molar-refractivity contribution in [3.8, 4) is 45.7 Å². The van der Waals surface area contributed by atoms with Gasteiger partial charge in [-0.1, -0.05) is 43.1 Å². The molecule has 0 fully saturated rings. The average Bonchev–Trinajstić information content (AvgIpc) is 3.38. The highest BCUT2D eigenvalue weighted by molar-refractivity contribution is 6.30. The number of aryl methyl sites for hydroxylation is 1. The number of nitrogens with one attached hydrogen (secondary N) is 1. The minimum atomic E-state index is -0.474. The molecule has 0 saturated heterocycles. The van der Waals surface area contributed by atoms with E-state index in [-0.39, 0.29) is 35.4 Å². The lowest BCUT2D eigenvalue weighted by Crippen LogP contribution is -2.24. The monoisotopic (exact) mass is 552 g/mol. The molecule has 0 radical (unpaired) electrons. The number of hydrogen-bond donors (Lipinski definition) is 3. The van der Waals surface area contributed by atoms with Crippen molar-refractivity contribution in [2.75, 3.05) is 14.2 Å². The minimum Gasteiger partial charge on any atom is -0.506 e. The van der Waals surface area contributed by atoms with E-state index in [1.807, 2.05) is 19.1 Å². The zero-order chi connectivity index (χ0) is 27.9. The van der Waals surface area contributed by atoms with E-state index in [0.717, 1.165) is 18.4 Å². The van der Waals surface area contributed by atoms with Crippen molar-refractivity contribution in [3.63, 3.8) is 0 Å². The lowest BCUT2D eigenvalue weighted by Gasteiger charge is -2.18. The number of rotatable bonds is 11. The largest absolute Gasteiger partial charge is 0.506 e. The van der Waals surface area contributed by atoms with Gasteiger partial charge in [0.1, 0.15) is 29.2 Å². The van der Waals surface area contributed by atoms with Gasteiger partial charge in [0.05, 0.1) is 31.0 Å². The molecule has 0 spiro atoms. The number of carbonyl (C=O) groups excluding carboxylic acids is 1. The molecule has 2 aromatic carbocycles. The van der Waals surface area contributed by atoms with Crippen molar-refractivity contribution in [3.05, 3.63) is 64.6 Å². The molecular weight excluding hydrogens is 524 g/mol. The highest BCUT2D eigenvalue weighted by Crippen LogP contribution is 2.49. The number of ether oxygens (including phenoxy) is 2. The van der Waals surface area contributed by atoms with Gasteiger partial charge in [0.25, 0.3) is 5.89 Å². The number of carbonyl (C=O) groups is 1. The van der Waals surface area contributed by atoms with Gasteiger partial charge in [-0.3, -0.25) is 4.79 Å². The van der Waals surface area contributed by atoms with Crippen LogP contribution in [0.25, 0.3) is 22.6 Å². The Morgan fingerprint density at radius 1 is 1.00 bits per heavy atom. The van der Waals surface area contributed by atoms with Crippen LogP contribution in [0, 0.1) is 0 Å². The van der Waals surface area contributed by atoms with Gasteiger partial charge in [0, 0.05) is 11.6 Å². The van der Waals surface area contributed by atoms with Crippen molar-refractivity contribution in [1.82, 2.24) is 20.5 Å². The fourth-order valence-corrected chi connectivity index (χ4v) is 4.24. The molecule has 0 bridgehead atoms. The normalized spacial score (nSPS) is 10.9. The Bertz CT molecular complexity index is 1430. The maximum Gasteiger partial charge on any atom is 0.257 e. The minimum absolute atomic E-state index is 0.00360. The van der Waals surface area contributed by atoms with Crippen LogP contribution in [0.15, 0.2) is 46.9 Å². The molecule has 0 unspecified atom stereocenters.